The zero-order chi connectivity index (χ0) is 13.7. The Morgan fingerprint density at radius 3 is 2.79 bits per heavy atom. The summed E-state index contributed by atoms with van der Waals surface area (Å²) in [4.78, 5) is 18.0. The number of rotatable bonds is 6. The summed E-state index contributed by atoms with van der Waals surface area (Å²) in [5.74, 6) is 1.88. The molecule has 0 saturated heterocycles. The number of nitrogens with zero attached hydrogens (tertiary/aromatic N) is 2. The monoisotopic (exact) mass is 261 g/mol. The number of pyridine rings is 1. The van der Waals surface area contributed by atoms with Crippen LogP contribution in [0.1, 0.15) is 38.5 Å². The predicted octanol–water partition coefficient (Wildman–Crippen LogP) is 3.06. The molecule has 0 aliphatic heterocycles. The van der Waals surface area contributed by atoms with Crippen molar-refractivity contribution in [2.24, 2.45) is 5.92 Å². The number of hydrogen-bond acceptors (Lipinski definition) is 3. The van der Waals surface area contributed by atoms with E-state index in [2.05, 4.69) is 10.3 Å². The van der Waals surface area contributed by atoms with E-state index in [1.807, 2.05) is 26.2 Å². The number of nitrogens with one attached hydrogen (secondary N) is 1. The van der Waals surface area contributed by atoms with Crippen LogP contribution in [0.2, 0.25) is 0 Å². The van der Waals surface area contributed by atoms with Crippen LogP contribution in [0.5, 0.6) is 0 Å². The van der Waals surface area contributed by atoms with Gasteiger partial charge in [-0.2, -0.15) is 0 Å². The van der Waals surface area contributed by atoms with E-state index in [9.17, 15) is 4.79 Å². The molecule has 1 saturated carbocycles. The van der Waals surface area contributed by atoms with Gasteiger partial charge in [-0.05, 0) is 30.9 Å². The van der Waals surface area contributed by atoms with Crippen molar-refractivity contribution in [3.63, 3.8) is 0 Å². The minimum Gasteiger partial charge on any atom is -0.373 e. The molecule has 1 aromatic heterocycles. The SMILES string of the molecule is CNc1ccc(N(C)C(=O)CCCC2CCC2)cn1. The van der Waals surface area contributed by atoms with Crippen LogP contribution < -0.4 is 10.2 Å². The van der Waals surface area contributed by atoms with E-state index in [0.717, 1.165) is 23.8 Å². The number of amides is 1. The average Bonchev–Trinajstić information content (AvgIpc) is 2.40. The summed E-state index contributed by atoms with van der Waals surface area (Å²) >= 11 is 0. The Balaban J connectivity index is 1.79. The fraction of sp³-hybridized carbons (Fsp3) is 0.600. The number of carbonyl (C=O) groups is 1. The maximum Gasteiger partial charge on any atom is 0.226 e. The van der Waals surface area contributed by atoms with E-state index in [4.69, 9.17) is 0 Å². The van der Waals surface area contributed by atoms with Gasteiger partial charge in [0.15, 0.2) is 0 Å². The molecule has 1 heterocycles. The van der Waals surface area contributed by atoms with E-state index in [0.29, 0.717) is 6.42 Å². The van der Waals surface area contributed by atoms with Gasteiger partial charge in [0.2, 0.25) is 5.91 Å². The molecule has 104 valence electrons. The molecule has 0 bridgehead atoms. The molecule has 0 atom stereocenters. The van der Waals surface area contributed by atoms with E-state index in [1.165, 1.54) is 25.7 Å². The molecule has 4 heteroatoms. The van der Waals surface area contributed by atoms with Gasteiger partial charge in [0, 0.05) is 20.5 Å². The van der Waals surface area contributed by atoms with E-state index < -0.39 is 0 Å². The standard InChI is InChI=1S/C15H23N3O/c1-16-14-10-9-13(11-17-14)18(2)15(19)8-4-7-12-5-3-6-12/h9-12H,3-8H2,1-2H3,(H,16,17). The largest absolute Gasteiger partial charge is 0.373 e. The van der Waals surface area contributed by atoms with Crippen molar-refractivity contribution >= 4 is 17.4 Å². The summed E-state index contributed by atoms with van der Waals surface area (Å²) in [5, 5.41) is 2.97. The molecule has 1 aromatic rings. The van der Waals surface area contributed by atoms with Crippen molar-refractivity contribution in [2.75, 3.05) is 24.3 Å². The van der Waals surface area contributed by atoms with Gasteiger partial charge in [0.1, 0.15) is 5.82 Å². The van der Waals surface area contributed by atoms with Gasteiger partial charge in [-0.15, -0.1) is 0 Å². The molecule has 0 radical (unpaired) electrons. The summed E-state index contributed by atoms with van der Waals surface area (Å²) in [7, 11) is 3.65. The highest BCUT2D eigenvalue weighted by Gasteiger charge is 2.18. The molecule has 4 nitrogen and oxygen atoms in total. The lowest BCUT2D eigenvalue weighted by molar-refractivity contribution is -0.118. The molecule has 19 heavy (non-hydrogen) atoms. The van der Waals surface area contributed by atoms with Gasteiger partial charge in [-0.3, -0.25) is 4.79 Å². The Hall–Kier alpha value is -1.58. The van der Waals surface area contributed by atoms with Gasteiger partial charge in [0.25, 0.3) is 0 Å². The van der Waals surface area contributed by atoms with Crippen molar-refractivity contribution in [1.82, 2.24) is 4.98 Å². The summed E-state index contributed by atoms with van der Waals surface area (Å²) in [6, 6.07) is 3.80. The maximum absolute atomic E-state index is 12.1. The summed E-state index contributed by atoms with van der Waals surface area (Å²) in [6.45, 7) is 0. The van der Waals surface area contributed by atoms with E-state index in [1.54, 1.807) is 11.1 Å². The Labute approximate surface area is 115 Å². The second-order valence-corrected chi connectivity index (χ2v) is 5.29. The molecule has 1 amide bonds. The summed E-state index contributed by atoms with van der Waals surface area (Å²) < 4.78 is 0. The lowest BCUT2D eigenvalue weighted by Crippen LogP contribution is -2.26. The van der Waals surface area contributed by atoms with Crippen molar-refractivity contribution in [3.05, 3.63) is 18.3 Å². The Morgan fingerprint density at radius 1 is 1.47 bits per heavy atom. The highest BCUT2D eigenvalue weighted by atomic mass is 16.2. The third kappa shape index (κ3) is 3.69. The highest BCUT2D eigenvalue weighted by molar-refractivity contribution is 5.92. The van der Waals surface area contributed by atoms with Crippen LogP contribution in [0.3, 0.4) is 0 Å². The number of anilines is 2. The van der Waals surface area contributed by atoms with Gasteiger partial charge in [0.05, 0.1) is 11.9 Å². The fourth-order valence-corrected chi connectivity index (χ4v) is 2.37. The van der Waals surface area contributed by atoms with E-state index >= 15 is 0 Å². The van der Waals surface area contributed by atoms with Crippen LogP contribution in [-0.4, -0.2) is 25.0 Å². The molecule has 0 unspecified atom stereocenters. The predicted molar refractivity (Wildman–Crippen MR) is 78.4 cm³/mol. The lowest BCUT2D eigenvalue weighted by atomic mass is 9.82. The van der Waals surface area contributed by atoms with Crippen LogP contribution >= 0.6 is 0 Å². The summed E-state index contributed by atoms with van der Waals surface area (Å²) in [6.07, 6.45) is 8.68. The molecule has 0 aromatic carbocycles. The Bertz CT molecular complexity index is 412. The van der Waals surface area contributed by atoms with Gasteiger partial charge < -0.3 is 10.2 Å². The first kappa shape index (κ1) is 13.8. The number of aromatic nitrogens is 1. The van der Waals surface area contributed by atoms with E-state index in [-0.39, 0.29) is 5.91 Å². The number of hydrogen-bond donors (Lipinski definition) is 1. The maximum atomic E-state index is 12.1. The molecule has 1 aliphatic carbocycles. The third-order valence-corrected chi connectivity index (χ3v) is 3.99. The molecule has 2 rings (SSSR count). The molecule has 1 N–H and O–H groups in total. The van der Waals surface area contributed by atoms with Crippen LogP contribution in [-0.2, 0) is 4.79 Å². The molecular weight excluding hydrogens is 238 g/mol. The smallest absolute Gasteiger partial charge is 0.226 e. The second-order valence-electron chi connectivity index (χ2n) is 5.29. The van der Waals surface area contributed by atoms with Crippen LogP contribution in [0, 0.1) is 5.92 Å². The fourth-order valence-electron chi connectivity index (χ4n) is 2.37. The second kappa shape index (κ2) is 6.55. The molecular formula is C15H23N3O. The van der Waals surface area contributed by atoms with Crippen molar-refractivity contribution < 1.29 is 4.79 Å². The normalized spacial score (nSPS) is 14.8. The first-order valence-corrected chi connectivity index (χ1v) is 7.11. The Kier molecular flexibility index (Phi) is 4.77. The zero-order valence-corrected chi connectivity index (χ0v) is 11.9. The molecule has 0 spiro atoms. The van der Waals surface area contributed by atoms with Crippen molar-refractivity contribution in [3.8, 4) is 0 Å². The van der Waals surface area contributed by atoms with Gasteiger partial charge >= 0.3 is 0 Å². The summed E-state index contributed by atoms with van der Waals surface area (Å²) in [5.41, 5.74) is 0.854. The zero-order valence-electron chi connectivity index (χ0n) is 11.9. The Morgan fingerprint density at radius 2 is 2.26 bits per heavy atom. The minimum atomic E-state index is 0.179. The lowest BCUT2D eigenvalue weighted by Gasteiger charge is -2.25. The number of carbonyl (C=O) groups excluding carboxylic acids is 1. The quantitative estimate of drug-likeness (QED) is 0.856. The highest BCUT2D eigenvalue weighted by Crippen LogP contribution is 2.30. The molecule has 1 fully saturated rings. The molecule has 1 aliphatic rings. The first-order valence-electron chi connectivity index (χ1n) is 7.11. The van der Waals surface area contributed by atoms with Crippen LogP contribution in [0.15, 0.2) is 18.3 Å². The average molecular weight is 261 g/mol. The van der Waals surface area contributed by atoms with Crippen molar-refractivity contribution in [1.29, 1.82) is 0 Å². The van der Waals surface area contributed by atoms with Crippen LogP contribution in [0.4, 0.5) is 11.5 Å². The van der Waals surface area contributed by atoms with Gasteiger partial charge in [-0.1, -0.05) is 19.3 Å². The van der Waals surface area contributed by atoms with Crippen molar-refractivity contribution in [2.45, 2.75) is 38.5 Å². The van der Waals surface area contributed by atoms with Crippen LogP contribution in [0.25, 0.3) is 0 Å². The first-order chi connectivity index (χ1) is 9.20. The topological polar surface area (TPSA) is 45.2 Å². The third-order valence-electron chi connectivity index (χ3n) is 3.99. The minimum absolute atomic E-state index is 0.179. The van der Waals surface area contributed by atoms with Gasteiger partial charge in [-0.25, -0.2) is 4.98 Å².